The predicted octanol–water partition coefficient (Wildman–Crippen LogP) is 1.23. The molecule has 5 heteroatoms. The molecular formula is C16H28N4O. The van der Waals surface area contributed by atoms with Gasteiger partial charge in [0.1, 0.15) is 5.75 Å². The zero-order chi connectivity index (χ0) is 15.2. The van der Waals surface area contributed by atoms with Crippen LogP contribution in [-0.2, 0) is 0 Å². The maximum Gasteiger partial charge on any atom is 0.119 e. The van der Waals surface area contributed by atoms with Gasteiger partial charge < -0.3 is 9.64 Å². The first kappa shape index (κ1) is 16.2. The summed E-state index contributed by atoms with van der Waals surface area (Å²) in [7, 11) is 4.33. The standard InChI is InChI=1S/C16H28N4O/c1-4-11-21-14-7-5-13(6-8-14)16(18-17)15-12-19(2)9-10-20(15)3/h5-8,15-16,18H,4,9-12,17H2,1-3H3. The number of nitrogens with two attached hydrogens (primary N) is 1. The minimum absolute atomic E-state index is 0.123. The summed E-state index contributed by atoms with van der Waals surface area (Å²) in [5.74, 6) is 6.76. The van der Waals surface area contributed by atoms with E-state index in [2.05, 4.69) is 48.4 Å². The van der Waals surface area contributed by atoms with E-state index < -0.39 is 0 Å². The Hall–Kier alpha value is -1.14. The van der Waals surface area contributed by atoms with E-state index in [1.807, 2.05) is 12.1 Å². The lowest BCUT2D eigenvalue weighted by atomic mass is 9.97. The van der Waals surface area contributed by atoms with E-state index in [1.165, 1.54) is 5.56 Å². The molecule has 0 aliphatic carbocycles. The first-order valence-corrected chi connectivity index (χ1v) is 7.73. The molecule has 21 heavy (non-hydrogen) atoms. The zero-order valence-corrected chi connectivity index (χ0v) is 13.4. The third-order valence-electron chi connectivity index (χ3n) is 4.18. The fraction of sp³-hybridized carbons (Fsp3) is 0.625. The van der Waals surface area contributed by atoms with Gasteiger partial charge in [-0.3, -0.25) is 16.2 Å². The van der Waals surface area contributed by atoms with Crippen molar-refractivity contribution in [1.29, 1.82) is 0 Å². The summed E-state index contributed by atoms with van der Waals surface area (Å²) < 4.78 is 5.64. The monoisotopic (exact) mass is 292 g/mol. The van der Waals surface area contributed by atoms with Gasteiger partial charge in [0.2, 0.25) is 0 Å². The molecule has 1 aromatic carbocycles. The Bertz CT molecular complexity index is 423. The Labute approximate surface area is 128 Å². The maximum absolute atomic E-state index is 5.84. The van der Waals surface area contributed by atoms with Crippen LogP contribution in [0.5, 0.6) is 5.75 Å². The Kier molecular flexibility index (Phi) is 5.99. The van der Waals surface area contributed by atoms with Gasteiger partial charge in [0.15, 0.2) is 0 Å². The predicted molar refractivity (Wildman–Crippen MR) is 86.2 cm³/mol. The van der Waals surface area contributed by atoms with Crippen molar-refractivity contribution in [2.45, 2.75) is 25.4 Å². The summed E-state index contributed by atoms with van der Waals surface area (Å²) in [4.78, 5) is 4.74. The highest BCUT2D eigenvalue weighted by atomic mass is 16.5. The first-order valence-electron chi connectivity index (χ1n) is 7.73. The van der Waals surface area contributed by atoms with Gasteiger partial charge in [-0.2, -0.15) is 0 Å². The van der Waals surface area contributed by atoms with Crippen molar-refractivity contribution >= 4 is 0 Å². The van der Waals surface area contributed by atoms with Gasteiger partial charge in [0.05, 0.1) is 12.6 Å². The first-order chi connectivity index (χ1) is 10.2. The number of nitrogens with zero attached hydrogens (tertiary/aromatic N) is 2. The molecule has 118 valence electrons. The van der Waals surface area contributed by atoms with Crippen LogP contribution in [0, 0.1) is 0 Å². The summed E-state index contributed by atoms with van der Waals surface area (Å²) in [6.07, 6.45) is 1.02. The molecular weight excluding hydrogens is 264 g/mol. The summed E-state index contributed by atoms with van der Waals surface area (Å²) in [6.45, 7) is 6.05. The van der Waals surface area contributed by atoms with E-state index in [-0.39, 0.29) is 6.04 Å². The molecule has 0 radical (unpaired) electrons. The van der Waals surface area contributed by atoms with Gasteiger partial charge in [0, 0.05) is 25.7 Å². The Morgan fingerprint density at radius 1 is 1.29 bits per heavy atom. The van der Waals surface area contributed by atoms with Crippen LogP contribution in [-0.4, -0.2) is 56.2 Å². The minimum Gasteiger partial charge on any atom is -0.494 e. The lowest BCUT2D eigenvalue weighted by Crippen LogP contribution is -2.56. The van der Waals surface area contributed by atoms with Crippen molar-refractivity contribution in [2.24, 2.45) is 5.84 Å². The fourth-order valence-corrected chi connectivity index (χ4v) is 2.82. The fourth-order valence-electron chi connectivity index (χ4n) is 2.82. The van der Waals surface area contributed by atoms with E-state index in [9.17, 15) is 0 Å². The van der Waals surface area contributed by atoms with Crippen LogP contribution < -0.4 is 16.0 Å². The summed E-state index contributed by atoms with van der Waals surface area (Å²) in [6, 6.07) is 8.77. The second kappa shape index (κ2) is 7.75. The molecule has 1 fully saturated rings. The lowest BCUT2D eigenvalue weighted by molar-refractivity contribution is 0.0876. The number of hydrazine groups is 1. The Morgan fingerprint density at radius 3 is 2.62 bits per heavy atom. The zero-order valence-electron chi connectivity index (χ0n) is 13.4. The van der Waals surface area contributed by atoms with Crippen molar-refractivity contribution in [2.75, 3.05) is 40.3 Å². The van der Waals surface area contributed by atoms with Crippen LogP contribution in [0.3, 0.4) is 0 Å². The van der Waals surface area contributed by atoms with Crippen LogP contribution in [0.25, 0.3) is 0 Å². The van der Waals surface area contributed by atoms with Gasteiger partial charge in [-0.15, -0.1) is 0 Å². The van der Waals surface area contributed by atoms with Crippen molar-refractivity contribution in [3.8, 4) is 5.75 Å². The quantitative estimate of drug-likeness (QED) is 0.610. The summed E-state index contributed by atoms with van der Waals surface area (Å²) in [5.41, 5.74) is 4.19. The molecule has 1 heterocycles. The van der Waals surface area contributed by atoms with E-state index >= 15 is 0 Å². The smallest absolute Gasteiger partial charge is 0.119 e. The molecule has 2 unspecified atom stereocenters. The minimum atomic E-state index is 0.123. The van der Waals surface area contributed by atoms with E-state index in [0.717, 1.165) is 38.4 Å². The molecule has 1 aliphatic heterocycles. The van der Waals surface area contributed by atoms with E-state index in [0.29, 0.717) is 6.04 Å². The molecule has 0 spiro atoms. The average Bonchev–Trinajstić information content (AvgIpc) is 2.50. The topological polar surface area (TPSA) is 53.8 Å². The average molecular weight is 292 g/mol. The molecule has 0 amide bonds. The van der Waals surface area contributed by atoms with E-state index in [4.69, 9.17) is 10.6 Å². The number of hydrogen-bond acceptors (Lipinski definition) is 5. The molecule has 5 nitrogen and oxygen atoms in total. The molecule has 1 aromatic rings. The normalized spacial score (nSPS) is 22.2. The molecule has 1 aliphatic rings. The number of hydrogen-bond donors (Lipinski definition) is 2. The van der Waals surface area contributed by atoms with Crippen LogP contribution >= 0.6 is 0 Å². The second-order valence-electron chi connectivity index (χ2n) is 5.87. The highest BCUT2D eigenvalue weighted by Gasteiger charge is 2.30. The van der Waals surface area contributed by atoms with Crippen molar-refractivity contribution in [1.82, 2.24) is 15.2 Å². The molecule has 2 atom stereocenters. The SMILES string of the molecule is CCCOc1ccc(C(NN)C2CN(C)CCN2C)cc1. The van der Waals surface area contributed by atoms with Crippen molar-refractivity contribution < 1.29 is 4.74 Å². The van der Waals surface area contributed by atoms with Gasteiger partial charge in [0.25, 0.3) is 0 Å². The number of rotatable bonds is 6. The third-order valence-corrected chi connectivity index (χ3v) is 4.18. The van der Waals surface area contributed by atoms with Gasteiger partial charge in [-0.25, -0.2) is 0 Å². The number of benzene rings is 1. The van der Waals surface area contributed by atoms with E-state index in [1.54, 1.807) is 0 Å². The third kappa shape index (κ3) is 4.17. The largest absolute Gasteiger partial charge is 0.494 e. The molecule has 0 saturated carbocycles. The van der Waals surface area contributed by atoms with Crippen LogP contribution in [0.4, 0.5) is 0 Å². The van der Waals surface area contributed by atoms with Crippen LogP contribution in [0.2, 0.25) is 0 Å². The van der Waals surface area contributed by atoms with Crippen molar-refractivity contribution in [3.63, 3.8) is 0 Å². The Balaban J connectivity index is 2.09. The number of piperazine rings is 1. The highest BCUT2D eigenvalue weighted by molar-refractivity contribution is 5.30. The van der Waals surface area contributed by atoms with Gasteiger partial charge in [-0.05, 0) is 38.2 Å². The molecule has 3 N–H and O–H groups in total. The van der Waals surface area contributed by atoms with Gasteiger partial charge in [-0.1, -0.05) is 19.1 Å². The number of nitrogens with one attached hydrogen (secondary N) is 1. The Morgan fingerprint density at radius 2 is 2.00 bits per heavy atom. The lowest BCUT2D eigenvalue weighted by Gasteiger charge is -2.41. The molecule has 0 bridgehead atoms. The van der Waals surface area contributed by atoms with Crippen LogP contribution in [0.1, 0.15) is 24.9 Å². The number of likely N-dealkylation sites (N-methyl/N-ethyl adjacent to an activating group) is 2. The van der Waals surface area contributed by atoms with Gasteiger partial charge >= 0.3 is 0 Å². The molecule has 2 rings (SSSR count). The maximum atomic E-state index is 5.84. The number of ether oxygens (including phenoxy) is 1. The summed E-state index contributed by atoms with van der Waals surface area (Å²) in [5, 5.41) is 0. The summed E-state index contributed by atoms with van der Waals surface area (Å²) >= 11 is 0. The van der Waals surface area contributed by atoms with Crippen LogP contribution in [0.15, 0.2) is 24.3 Å². The molecule has 0 aromatic heterocycles. The van der Waals surface area contributed by atoms with Crippen molar-refractivity contribution in [3.05, 3.63) is 29.8 Å². The molecule has 1 saturated heterocycles. The highest BCUT2D eigenvalue weighted by Crippen LogP contribution is 2.24. The second-order valence-corrected chi connectivity index (χ2v) is 5.87.